The zero-order valence-electron chi connectivity index (χ0n) is 16.6. The highest BCUT2D eigenvalue weighted by Crippen LogP contribution is 2.36. The van der Waals surface area contributed by atoms with Crippen LogP contribution in [-0.4, -0.2) is 34.4 Å². The van der Waals surface area contributed by atoms with Crippen LogP contribution in [0.25, 0.3) is 5.69 Å². The van der Waals surface area contributed by atoms with Gasteiger partial charge in [0, 0.05) is 11.9 Å². The van der Waals surface area contributed by atoms with Gasteiger partial charge in [-0.05, 0) is 45.4 Å². The maximum Gasteiger partial charge on any atom is 0.341 e. The standard InChI is InChI=1S/C21H21N3O4S/c1-5-28-21(27)17-12(2)18(14(4)25)29-19(17)22-11-16-13(3)23-24(20(16)26)15-9-7-6-8-10-15/h6-11,23H,5H2,1-4H3/b22-11+. The van der Waals surface area contributed by atoms with E-state index in [9.17, 15) is 14.4 Å². The third-order valence-corrected chi connectivity index (χ3v) is 5.67. The van der Waals surface area contributed by atoms with Crippen LogP contribution >= 0.6 is 11.3 Å². The molecule has 0 aliphatic heterocycles. The number of nitrogens with zero attached hydrogens (tertiary/aromatic N) is 2. The molecule has 0 unspecified atom stereocenters. The molecule has 7 nitrogen and oxygen atoms in total. The van der Waals surface area contributed by atoms with Gasteiger partial charge in [0.25, 0.3) is 5.56 Å². The third-order valence-electron chi connectivity index (χ3n) is 4.37. The maximum atomic E-state index is 12.8. The van der Waals surface area contributed by atoms with E-state index in [1.807, 2.05) is 30.3 Å². The van der Waals surface area contributed by atoms with Crippen LogP contribution in [0.1, 0.15) is 50.7 Å². The number of aliphatic imine (C=N–C) groups is 1. The number of carbonyl (C=O) groups excluding carboxylic acids is 2. The van der Waals surface area contributed by atoms with Crippen molar-refractivity contribution in [3.8, 4) is 5.69 Å². The summed E-state index contributed by atoms with van der Waals surface area (Å²) in [5, 5.41) is 3.37. The highest BCUT2D eigenvalue weighted by Gasteiger charge is 2.24. The first kappa shape index (κ1) is 20.5. The molecule has 0 spiro atoms. The lowest BCUT2D eigenvalue weighted by Crippen LogP contribution is -2.17. The number of hydrogen-bond donors (Lipinski definition) is 1. The number of para-hydroxylation sites is 1. The fourth-order valence-corrected chi connectivity index (χ4v) is 4.00. The van der Waals surface area contributed by atoms with Gasteiger partial charge in [-0.3, -0.25) is 14.7 Å². The quantitative estimate of drug-likeness (QED) is 0.377. The number of benzene rings is 1. The van der Waals surface area contributed by atoms with Crippen molar-refractivity contribution in [3.05, 3.63) is 67.9 Å². The Labute approximate surface area is 171 Å². The van der Waals surface area contributed by atoms with Crippen LogP contribution in [-0.2, 0) is 4.74 Å². The van der Waals surface area contributed by atoms with Crippen molar-refractivity contribution >= 4 is 34.3 Å². The second-order valence-corrected chi connectivity index (χ2v) is 7.40. The van der Waals surface area contributed by atoms with E-state index < -0.39 is 5.97 Å². The number of aryl methyl sites for hydroxylation is 1. The second kappa shape index (κ2) is 8.40. The van der Waals surface area contributed by atoms with Gasteiger partial charge in [-0.2, -0.15) is 0 Å². The monoisotopic (exact) mass is 411 g/mol. The van der Waals surface area contributed by atoms with Crippen LogP contribution < -0.4 is 5.56 Å². The van der Waals surface area contributed by atoms with Crippen LogP contribution in [0.2, 0.25) is 0 Å². The minimum atomic E-state index is -0.534. The predicted octanol–water partition coefficient (Wildman–Crippen LogP) is 3.97. The van der Waals surface area contributed by atoms with Gasteiger partial charge < -0.3 is 4.74 Å². The van der Waals surface area contributed by atoms with Gasteiger partial charge in [0.15, 0.2) is 5.78 Å². The Kier molecular flexibility index (Phi) is 5.93. The zero-order chi connectivity index (χ0) is 21.1. The number of ether oxygens (including phenoxy) is 1. The van der Waals surface area contributed by atoms with Crippen LogP contribution in [0.4, 0.5) is 5.00 Å². The van der Waals surface area contributed by atoms with E-state index in [0.29, 0.717) is 32.4 Å². The largest absolute Gasteiger partial charge is 0.462 e. The number of thiophene rings is 1. The Morgan fingerprint density at radius 1 is 1.24 bits per heavy atom. The normalized spacial score (nSPS) is 11.2. The number of esters is 1. The van der Waals surface area contributed by atoms with Crippen molar-refractivity contribution in [2.24, 2.45) is 4.99 Å². The van der Waals surface area contributed by atoms with Gasteiger partial charge in [0.05, 0.1) is 28.3 Å². The third kappa shape index (κ3) is 3.97. The summed E-state index contributed by atoms with van der Waals surface area (Å²) in [6.45, 7) is 6.84. The van der Waals surface area contributed by atoms with Crippen molar-refractivity contribution in [2.75, 3.05) is 6.61 Å². The van der Waals surface area contributed by atoms with E-state index in [2.05, 4.69) is 10.1 Å². The molecule has 3 rings (SSSR count). The molecule has 150 valence electrons. The summed E-state index contributed by atoms with van der Waals surface area (Å²) < 4.78 is 6.55. The van der Waals surface area contributed by atoms with Crippen molar-refractivity contribution in [1.82, 2.24) is 9.78 Å². The first-order valence-corrected chi connectivity index (χ1v) is 9.89. The molecule has 0 amide bonds. The number of ketones is 1. The van der Waals surface area contributed by atoms with Crippen molar-refractivity contribution < 1.29 is 14.3 Å². The number of hydrogen-bond acceptors (Lipinski definition) is 6. The molecule has 0 aliphatic rings. The Bertz CT molecular complexity index is 1150. The summed E-state index contributed by atoms with van der Waals surface area (Å²) in [5.74, 6) is -0.683. The highest BCUT2D eigenvalue weighted by atomic mass is 32.1. The maximum absolute atomic E-state index is 12.8. The van der Waals surface area contributed by atoms with Crippen molar-refractivity contribution in [3.63, 3.8) is 0 Å². The van der Waals surface area contributed by atoms with Gasteiger partial charge in [-0.25, -0.2) is 14.5 Å². The van der Waals surface area contributed by atoms with Crippen LogP contribution in [0.3, 0.4) is 0 Å². The molecule has 0 atom stereocenters. The molecular formula is C21H21N3O4S. The fraction of sp³-hybridized carbons (Fsp3) is 0.238. The number of H-pyrrole nitrogens is 1. The number of Topliss-reactive ketones (excluding diaryl/α,β-unsaturated/α-hetero) is 1. The minimum Gasteiger partial charge on any atom is -0.462 e. The number of rotatable bonds is 6. The van der Waals surface area contributed by atoms with Gasteiger partial charge >= 0.3 is 5.97 Å². The van der Waals surface area contributed by atoms with E-state index in [-0.39, 0.29) is 23.5 Å². The van der Waals surface area contributed by atoms with E-state index in [1.54, 1.807) is 20.8 Å². The molecule has 0 radical (unpaired) electrons. The average molecular weight is 411 g/mol. The smallest absolute Gasteiger partial charge is 0.341 e. The molecular weight excluding hydrogens is 390 g/mol. The van der Waals surface area contributed by atoms with E-state index >= 15 is 0 Å². The summed E-state index contributed by atoms with van der Waals surface area (Å²) in [5.41, 5.74) is 2.27. The first-order valence-electron chi connectivity index (χ1n) is 9.07. The molecule has 1 aromatic carbocycles. The first-order chi connectivity index (χ1) is 13.8. The van der Waals surface area contributed by atoms with E-state index in [4.69, 9.17) is 4.74 Å². The molecule has 29 heavy (non-hydrogen) atoms. The van der Waals surface area contributed by atoms with Crippen molar-refractivity contribution in [2.45, 2.75) is 27.7 Å². The average Bonchev–Trinajstić information content (AvgIpc) is 3.17. The molecule has 0 bridgehead atoms. The highest BCUT2D eigenvalue weighted by molar-refractivity contribution is 7.18. The second-order valence-electron chi connectivity index (χ2n) is 6.40. The Morgan fingerprint density at radius 2 is 1.93 bits per heavy atom. The summed E-state index contributed by atoms with van der Waals surface area (Å²) in [6, 6.07) is 9.19. The lowest BCUT2D eigenvalue weighted by molar-refractivity contribution is 0.0527. The molecule has 0 saturated heterocycles. The Hall–Kier alpha value is -3.26. The molecule has 0 saturated carbocycles. The number of aromatic amines is 1. The summed E-state index contributed by atoms with van der Waals surface area (Å²) in [7, 11) is 0. The zero-order valence-corrected chi connectivity index (χ0v) is 17.4. The van der Waals surface area contributed by atoms with Gasteiger partial charge in [0.1, 0.15) is 5.00 Å². The summed E-state index contributed by atoms with van der Waals surface area (Å²) in [6.07, 6.45) is 1.42. The predicted molar refractivity (Wildman–Crippen MR) is 113 cm³/mol. The lowest BCUT2D eigenvalue weighted by atomic mass is 10.1. The van der Waals surface area contributed by atoms with Crippen molar-refractivity contribution in [1.29, 1.82) is 0 Å². The van der Waals surface area contributed by atoms with Crippen LogP contribution in [0, 0.1) is 13.8 Å². The van der Waals surface area contributed by atoms with Gasteiger partial charge in [-0.15, -0.1) is 11.3 Å². The van der Waals surface area contributed by atoms with Gasteiger partial charge in [0.2, 0.25) is 0 Å². The number of carbonyl (C=O) groups is 2. The van der Waals surface area contributed by atoms with E-state index in [0.717, 1.165) is 11.3 Å². The molecule has 8 heteroatoms. The summed E-state index contributed by atoms with van der Waals surface area (Å²) in [4.78, 5) is 41.9. The topological polar surface area (TPSA) is 93.5 Å². The Morgan fingerprint density at radius 3 is 2.55 bits per heavy atom. The molecule has 0 aliphatic carbocycles. The molecule has 3 aromatic rings. The minimum absolute atomic E-state index is 0.149. The van der Waals surface area contributed by atoms with Crippen LogP contribution in [0.5, 0.6) is 0 Å². The lowest BCUT2D eigenvalue weighted by Gasteiger charge is -2.02. The SMILES string of the molecule is CCOC(=O)c1c(/N=C/c2c(C)[nH]n(-c3ccccc3)c2=O)sc(C(C)=O)c1C. The fourth-order valence-electron chi connectivity index (χ4n) is 2.96. The molecule has 2 heterocycles. The summed E-state index contributed by atoms with van der Waals surface area (Å²) >= 11 is 1.12. The molecule has 1 N–H and O–H groups in total. The Balaban J connectivity index is 2.06. The molecule has 2 aromatic heterocycles. The molecule has 0 fully saturated rings. The number of nitrogens with one attached hydrogen (secondary N) is 1. The van der Waals surface area contributed by atoms with E-state index in [1.165, 1.54) is 17.8 Å². The number of aromatic nitrogens is 2. The van der Waals surface area contributed by atoms with Crippen LogP contribution in [0.15, 0.2) is 40.1 Å². The van der Waals surface area contributed by atoms with Gasteiger partial charge in [-0.1, -0.05) is 18.2 Å².